The van der Waals surface area contributed by atoms with Crippen molar-refractivity contribution in [3.8, 4) is 0 Å². The summed E-state index contributed by atoms with van der Waals surface area (Å²) >= 11 is 0. The number of hydrogen-bond donors (Lipinski definition) is 2. The number of β-amino-alcohol motifs (C(OH)–C–C–N with tert-alkyl or cyclic N) is 1. The van der Waals surface area contributed by atoms with Crippen molar-refractivity contribution in [1.29, 1.82) is 0 Å². The summed E-state index contributed by atoms with van der Waals surface area (Å²) in [5.74, 6) is 1.83. The van der Waals surface area contributed by atoms with Gasteiger partial charge in [0, 0.05) is 31.7 Å². The van der Waals surface area contributed by atoms with Gasteiger partial charge in [-0.3, -0.25) is 0 Å². The van der Waals surface area contributed by atoms with Gasteiger partial charge in [0.05, 0.1) is 6.10 Å². The van der Waals surface area contributed by atoms with E-state index in [-0.39, 0.29) is 6.10 Å². The molecule has 2 N–H and O–H groups in total. The van der Waals surface area contributed by atoms with Gasteiger partial charge in [-0.05, 0) is 26.9 Å². The Morgan fingerprint density at radius 3 is 2.80 bits per heavy atom. The Hall–Kier alpha value is -1.40. The van der Waals surface area contributed by atoms with Crippen LogP contribution in [-0.2, 0) is 6.42 Å². The summed E-state index contributed by atoms with van der Waals surface area (Å²) in [5.41, 5.74) is 1.12. The van der Waals surface area contributed by atoms with Gasteiger partial charge in [-0.25, -0.2) is 9.97 Å². The number of rotatable bonds is 5. The zero-order chi connectivity index (χ0) is 14.7. The maximum absolute atomic E-state index is 10.0. The fourth-order valence-corrected chi connectivity index (χ4v) is 2.94. The summed E-state index contributed by atoms with van der Waals surface area (Å²) in [5, 5.41) is 13.1. The van der Waals surface area contributed by atoms with E-state index < -0.39 is 0 Å². The highest BCUT2D eigenvalue weighted by Crippen LogP contribution is 2.30. The van der Waals surface area contributed by atoms with E-state index >= 15 is 0 Å². The number of anilines is 2. The van der Waals surface area contributed by atoms with Gasteiger partial charge in [-0.1, -0.05) is 6.92 Å². The van der Waals surface area contributed by atoms with E-state index in [2.05, 4.69) is 46.1 Å². The quantitative estimate of drug-likeness (QED) is 0.822. The molecule has 0 aliphatic carbocycles. The van der Waals surface area contributed by atoms with Crippen molar-refractivity contribution in [2.75, 3.05) is 44.4 Å². The molecule has 1 aromatic rings. The Kier molecular flexibility index (Phi) is 4.77. The van der Waals surface area contributed by atoms with Crippen molar-refractivity contribution in [2.45, 2.75) is 31.9 Å². The summed E-state index contributed by atoms with van der Waals surface area (Å²) in [4.78, 5) is 13.1. The van der Waals surface area contributed by atoms with Crippen molar-refractivity contribution in [3.05, 3.63) is 11.9 Å². The lowest BCUT2D eigenvalue weighted by atomic mass is 10.1. The fourth-order valence-electron chi connectivity index (χ4n) is 2.94. The Balaban J connectivity index is 2.33. The molecule has 6 heteroatoms. The smallest absolute Gasteiger partial charge is 0.137 e. The van der Waals surface area contributed by atoms with Crippen molar-refractivity contribution in [2.24, 2.45) is 0 Å². The molecule has 1 aliphatic rings. The van der Waals surface area contributed by atoms with Crippen LogP contribution in [0.1, 0.15) is 18.9 Å². The van der Waals surface area contributed by atoms with E-state index in [1.807, 2.05) is 7.05 Å². The molecule has 1 fully saturated rings. The summed E-state index contributed by atoms with van der Waals surface area (Å²) in [7, 11) is 5.99. The monoisotopic (exact) mass is 279 g/mol. The predicted molar refractivity (Wildman–Crippen MR) is 81.3 cm³/mol. The minimum Gasteiger partial charge on any atom is -0.391 e. The first-order valence-corrected chi connectivity index (χ1v) is 7.17. The van der Waals surface area contributed by atoms with E-state index in [4.69, 9.17) is 0 Å². The van der Waals surface area contributed by atoms with Gasteiger partial charge in [-0.2, -0.15) is 0 Å². The van der Waals surface area contributed by atoms with Crippen LogP contribution >= 0.6 is 0 Å². The summed E-state index contributed by atoms with van der Waals surface area (Å²) in [6.45, 7) is 3.67. The summed E-state index contributed by atoms with van der Waals surface area (Å²) < 4.78 is 0. The zero-order valence-corrected chi connectivity index (χ0v) is 12.8. The van der Waals surface area contributed by atoms with Crippen LogP contribution < -0.4 is 10.2 Å². The third kappa shape index (κ3) is 3.02. The van der Waals surface area contributed by atoms with Crippen LogP contribution in [0.3, 0.4) is 0 Å². The second-order valence-electron chi connectivity index (χ2n) is 5.59. The van der Waals surface area contributed by atoms with Gasteiger partial charge in [0.2, 0.25) is 0 Å². The maximum Gasteiger partial charge on any atom is 0.137 e. The van der Waals surface area contributed by atoms with Crippen molar-refractivity contribution < 1.29 is 5.11 Å². The van der Waals surface area contributed by atoms with Crippen molar-refractivity contribution in [3.63, 3.8) is 0 Å². The first-order chi connectivity index (χ1) is 9.56. The number of nitrogens with one attached hydrogen (secondary N) is 1. The first kappa shape index (κ1) is 15.0. The molecule has 0 aromatic carbocycles. The van der Waals surface area contributed by atoms with Gasteiger partial charge >= 0.3 is 0 Å². The number of nitrogens with zero attached hydrogens (tertiary/aromatic N) is 4. The van der Waals surface area contributed by atoms with Crippen molar-refractivity contribution in [1.82, 2.24) is 14.9 Å². The average Bonchev–Trinajstić information content (AvgIpc) is 2.77. The molecule has 2 heterocycles. The van der Waals surface area contributed by atoms with Gasteiger partial charge in [-0.15, -0.1) is 0 Å². The highest BCUT2D eigenvalue weighted by atomic mass is 16.3. The predicted octanol–water partition coefficient (Wildman–Crippen LogP) is 0.582. The molecule has 1 aromatic heterocycles. The van der Waals surface area contributed by atoms with Crippen LogP contribution in [0.4, 0.5) is 11.6 Å². The molecule has 2 unspecified atom stereocenters. The lowest BCUT2D eigenvalue weighted by Crippen LogP contribution is -2.38. The summed E-state index contributed by atoms with van der Waals surface area (Å²) in [6.07, 6.45) is 2.98. The van der Waals surface area contributed by atoms with E-state index in [0.717, 1.165) is 36.6 Å². The minimum absolute atomic E-state index is 0.280. The molecule has 20 heavy (non-hydrogen) atoms. The molecule has 2 atom stereocenters. The van der Waals surface area contributed by atoms with Crippen LogP contribution in [0, 0.1) is 0 Å². The molecule has 0 spiro atoms. The third-order valence-electron chi connectivity index (χ3n) is 3.75. The Bertz CT molecular complexity index is 451. The third-order valence-corrected chi connectivity index (χ3v) is 3.75. The number of aliphatic hydroxyl groups excluding tert-OH is 1. The molecular weight excluding hydrogens is 254 g/mol. The van der Waals surface area contributed by atoms with E-state index in [9.17, 15) is 5.11 Å². The van der Waals surface area contributed by atoms with Gasteiger partial charge in [0.1, 0.15) is 18.0 Å². The minimum atomic E-state index is -0.280. The standard InChI is InChI=1S/C14H25N5O/c1-5-12-13(15-2)16-9-17-14(12)19-8-11(20)6-10(19)7-18(3)4/h9-11,20H,5-8H2,1-4H3,(H,15,16,17). The Labute approximate surface area is 120 Å². The fraction of sp³-hybridized carbons (Fsp3) is 0.714. The van der Waals surface area contributed by atoms with E-state index in [1.54, 1.807) is 6.33 Å². The highest BCUT2D eigenvalue weighted by molar-refractivity contribution is 5.59. The molecule has 0 amide bonds. The molecule has 6 nitrogen and oxygen atoms in total. The molecule has 0 saturated carbocycles. The molecule has 0 radical (unpaired) electrons. The van der Waals surface area contributed by atoms with Crippen LogP contribution in [0.25, 0.3) is 0 Å². The van der Waals surface area contributed by atoms with Crippen LogP contribution in [0.2, 0.25) is 0 Å². The average molecular weight is 279 g/mol. The Morgan fingerprint density at radius 2 is 2.20 bits per heavy atom. The SMILES string of the molecule is CCc1c(NC)ncnc1N1CC(O)CC1CN(C)C. The van der Waals surface area contributed by atoms with Crippen LogP contribution in [0.15, 0.2) is 6.33 Å². The number of hydrogen-bond acceptors (Lipinski definition) is 6. The van der Waals surface area contributed by atoms with Gasteiger partial charge in [0.15, 0.2) is 0 Å². The Morgan fingerprint density at radius 1 is 1.45 bits per heavy atom. The first-order valence-electron chi connectivity index (χ1n) is 7.17. The molecule has 1 saturated heterocycles. The topological polar surface area (TPSA) is 64.5 Å². The largest absolute Gasteiger partial charge is 0.391 e. The maximum atomic E-state index is 10.0. The number of aromatic nitrogens is 2. The molecule has 0 bridgehead atoms. The van der Waals surface area contributed by atoms with Gasteiger partial charge in [0.25, 0.3) is 0 Å². The zero-order valence-electron chi connectivity index (χ0n) is 12.8. The van der Waals surface area contributed by atoms with E-state index in [1.165, 1.54) is 0 Å². The lowest BCUT2D eigenvalue weighted by Gasteiger charge is -2.29. The highest BCUT2D eigenvalue weighted by Gasteiger charge is 2.33. The van der Waals surface area contributed by atoms with E-state index in [0.29, 0.717) is 12.6 Å². The normalized spacial score (nSPS) is 22.6. The molecule has 112 valence electrons. The molecule has 1 aliphatic heterocycles. The van der Waals surface area contributed by atoms with Crippen LogP contribution in [-0.4, -0.2) is 66.4 Å². The number of likely N-dealkylation sites (N-methyl/N-ethyl adjacent to an activating group) is 1. The second-order valence-corrected chi connectivity index (χ2v) is 5.59. The molecule has 2 rings (SSSR count). The second kappa shape index (κ2) is 6.37. The number of aliphatic hydroxyl groups is 1. The van der Waals surface area contributed by atoms with Crippen molar-refractivity contribution >= 4 is 11.6 Å². The van der Waals surface area contributed by atoms with Gasteiger partial charge < -0.3 is 20.2 Å². The molecular formula is C14H25N5O. The van der Waals surface area contributed by atoms with Crippen LogP contribution in [0.5, 0.6) is 0 Å². The lowest BCUT2D eigenvalue weighted by molar-refractivity contribution is 0.191. The summed E-state index contributed by atoms with van der Waals surface area (Å²) in [6, 6.07) is 0.296.